The molecule has 0 bridgehead atoms. The van der Waals surface area contributed by atoms with Crippen LogP contribution in [0.3, 0.4) is 0 Å². The molecule has 0 saturated carbocycles. The fourth-order valence-corrected chi connectivity index (χ4v) is 1.62. The van der Waals surface area contributed by atoms with Gasteiger partial charge in [-0.3, -0.25) is 4.79 Å². The fourth-order valence-electron chi connectivity index (χ4n) is 1.62. The van der Waals surface area contributed by atoms with Crippen molar-refractivity contribution in [3.05, 3.63) is 35.9 Å². The average Bonchev–Trinajstić information content (AvgIpc) is 2.43. The standard InChI is InChI=1S/C16H21NO5/c1-11(17-10-18)14(19)21-13(12-8-6-5-7-9-12)15(20)22-16(2,3)4/h5-11,13H,1-4H3,(H,17,18)/t11-,13?/m0/s1. The Labute approximate surface area is 129 Å². The van der Waals surface area contributed by atoms with Crippen molar-refractivity contribution in [1.82, 2.24) is 5.32 Å². The summed E-state index contributed by atoms with van der Waals surface area (Å²) in [5, 5.41) is 2.28. The molecule has 0 heterocycles. The van der Waals surface area contributed by atoms with Gasteiger partial charge < -0.3 is 14.8 Å². The van der Waals surface area contributed by atoms with E-state index in [1.54, 1.807) is 51.1 Å². The van der Waals surface area contributed by atoms with E-state index in [2.05, 4.69) is 5.32 Å². The molecule has 6 heteroatoms. The Bertz CT molecular complexity index is 521. The highest BCUT2D eigenvalue weighted by Crippen LogP contribution is 2.22. The third kappa shape index (κ3) is 5.55. The fraction of sp³-hybridized carbons (Fsp3) is 0.438. The minimum atomic E-state index is -1.18. The molecule has 0 aliphatic rings. The highest BCUT2D eigenvalue weighted by Gasteiger charge is 2.31. The number of hydrogen-bond acceptors (Lipinski definition) is 5. The van der Waals surface area contributed by atoms with Gasteiger partial charge in [-0.2, -0.15) is 0 Å². The summed E-state index contributed by atoms with van der Waals surface area (Å²) in [6, 6.07) is 7.72. The minimum absolute atomic E-state index is 0.400. The van der Waals surface area contributed by atoms with E-state index in [1.807, 2.05) is 0 Å². The Balaban J connectivity index is 2.95. The van der Waals surface area contributed by atoms with Crippen molar-refractivity contribution >= 4 is 18.3 Å². The van der Waals surface area contributed by atoms with Crippen molar-refractivity contribution in [2.24, 2.45) is 0 Å². The monoisotopic (exact) mass is 307 g/mol. The molecule has 2 atom stereocenters. The van der Waals surface area contributed by atoms with Crippen LogP contribution in [0.15, 0.2) is 30.3 Å². The van der Waals surface area contributed by atoms with Crippen LogP contribution in [-0.4, -0.2) is 30.0 Å². The molecule has 0 spiro atoms. The first-order chi connectivity index (χ1) is 10.2. The summed E-state index contributed by atoms with van der Waals surface area (Å²) in [5.74, 6) is -1.38. The Kier molecular flexibility index (Phi) is 6.10. The quantitative estimate of drug-likeness (QED) is 0.639. The molecular formula is C16H21NO5. The van der Waals surface area contributed by atoms with Crippen LogP contribution >= 0.6 is 0 Å². The predicted molar refractivity (Wildman–Crippen MR) is 79.8 cm³/mol. The van der Waals surface area contributed by atoms with Crippen molar-refractivity contribution in [2.45, 2.75) is 45.4 Å². The lowest BCUT2D eigenvalue weighted by Crippen LogP contribution is -2.37. The normalized spacial score (nSPS) is 13.6. The maximum atomic E-state index is 12.3. The van der Waals surface area contributed by atoms with Gasteiger partial charge in [0.15, 0.2) is 0 Å². The SMILES string of the molecule is C[C@H](NC=O)C(=O)OC(C(=O)OC(C)(C)C)c1ccccc1. The number of hydrogen-bond donors (Lipinski definition) is 1. The van der Waals surface area contributed by atoms with Crippen LogP contribution < -0.4 is 5.32 Å². The highest BCUT2D eigenvalue weighted by molar-refractivity contribution is 5.83. The summed E-state index contributed by atoms with van der Waals surface area (Å²) < 4.78 is 10.5. The van der Waals surface area contributed by atoms with Crippen LogP contribution in [-0.2, 0) is 23.9 Å². The van der Waals surface area contributed by atoms with Gasteiger partial charge in [-0.25, -0.2) is 9.59 Å². The van der Waals surface area contributed by atoms with E-state index in [0.717, 1.165) is 0 Å². The Morgan fingerprint density at radius 3 is 2.23 bits per heavy atom. The lowest BCUT2D eigenvalue weighted by atomic mass is 10.1. The molecule has 1 rings (SSSR count). The first-order valence-electron chi connectivity index (χ1n) is 6.92. The van der Waals surface area contributed by atoms with Crippen molar-refractivity contribution < 1.29 is 23.9 Å². The van der Waals surface area contributed by atoms with E-state index in [-0.39, 0.29) is 0 Å². The number of carbonyl (C=O) groups is 3. The predicted octanol–water partition coefficient (Wildman–Crippen LogP) is 1.75. The molecule has 22 heavy (non-hydrogen) atoms. The minimum Gasteiger partial charge on any atom is -0.457 e. The number of nitrogens with one attached hydrogen (secondary N) is 1. The molecule has 1 aromatic carbocycles. The van der Waals surface area contributed by atoms with Gasteiger partial charge >= 0.3 is 11.9 Å². The van der Waals surface area contributed by atoms with Crippen LogP contribution in [0.25, 0.3) is 0 Å². The van der Waals surface area contributed by atoms with Crippen LogP contribution in [0, 0.1) is 0 Å². The summed E-state index contributed by atoms with van der Waals surface area (Å²) in [6.07, 6.45) is -0.777. The van der Waals surface area contributed by atoms with Gasteiger partial charge in [0.2, 0.25) is 12.5 Å². The van der Waals surface area contributed by atoms with E-state index in [4.69, 9.17) is 9.47 Å². The smallest absolute Gasteiger partial charge is 0.352 e. The Hall–Kier alpha value is -2.37. The Morgan fingerprint density at radius 1 is 1.14 bits per heavy atom. The van der Waals surface area contributed by atoms with Crippen LogP contribution in [0.5, 0.6) is 0 Å². The lowest BCUT2D eigenvalue weighted by Gasteiger charge is -2.24. The molecule has 120 valence electrons. The topological polar surface area (TPSA) is 81.7 Å². The molecule has 0 fully saturated rings. The first-order valence-corrected chi connectivity index (χ1v) is 6.92. The largest absolute Gasteiger partial charge is 0.457 e. The number of rotatable bonds is 6. The molecule has 1 unspecified atom stereocenters. The number of ether oxygens (including phenoxy) is 2. The number of esters is 2. The summed E-state index contributed by atoms with van der Waals surface area (Å²) in [4.78, 5) is 34.6. The van der Waals surface area contributed by atoms with Crippen molar-refractivity contribution in [3.63, 3.8) is 0 Å². The van der Waals surface area contributed by atoms with Gasteiger partial charge in [0, 0.05) is 5.56 Å². The zero-order valence-corrected chi connectivity index (χ0v) is 13.2. The molecule has 0 radical (unpaired) electrons. The third-order valence-electron chi connectivity index (χ3n) is 2.63. The van der Waals surface area contributed by atoms with Crippen LogP contribution in [0.4, 0.5) is 0 Å². The second-order valence-corrected chi connectivity index (χ2v) is 5.77. The van der Waals surface area contributed by atoms with Crippen LogP contribution in [0.2, 0.25) is 0 Å². The van der Waals surface area contributed by atoms with E-state index < -0.39 is 29.7 Å². The molecule has 6 nitrogen and oxygen atoms in total. The second kappa shape index (κ2) is 7.59. The lowest BCUT2D eigenvalue weighted by molar-refractivity contribution is -0.177. The maximum Gasteiger partial charge on any atom is 0.352 e. The van der Waals surface area contributed by atoms with Gasteiger partial charge in [-0.1, -0.05) is 30.3 Å². The molecule has 1 N–H and O–H groups in total. The van der Waals surface area contributed by atoms with Crippen molar-refractivity contribution in [3.8, 4) is 0 Å². The summed E-state index contributed by atoms with van der Waals surface area (Å²) in [5.41, 5.74) is -0.202. The third-order valence-corrected chi connectivity index (χ3v) is 2.63. The molecule has 0 aliphatic heterocycles. The van der Waals surface area contributed by atoms with Crippen LogP contribution in [0.1, 0.15) is 39.4 Å². The van der Waals surface area contributed by atoms with E-state index in [1.165, 1.54) is 6.92 Å². The van der Waals surface area contributed by atoms with E-state index in [9.17, 15) is 14.4 Å². The van der Waals surface area contributed by atoms with Gasteiger partial charge in [-0.15, -0.1) is 0 Å². The number of amides is 1. The van der Waals surface area contributed by atoms with E-state index in [0.29, 0.717) is 12.0 Å². The van der Waals surface area contributed by atoms with Crippen molar-refractivity contribution in [2.75, 3.05) is 0 Å². The summed E-state index contributed by atoms with van der Waals surface area (Å²) >= 11 is 0. The molecule has 0 saturated heterocycles. The Morgan fingerprint density at radius 2 is 1.73 bits per heavy atom. The van der Waals surface area contributed by atoms with Gasteiger partial charge in [0.05, 0.1) is 0 Å². The second-order valence-electron chi connectivity index (χ2n) is 5.77. The number of benzene rings is 1. The summed E-state index contributed by atoms with van der Waals surface area (Å²) in [7, 11) is 0. The van der Waals surface area contributed by atoms with E-state index >= 15 is 0 Å². The molecule has 0 aromatic heterocycles. The zero-order chi connectivity index (χ0) is 16.8. The van der Waals surface area contributed by atoms with Crippen molar-refractivity contribution in [1.29, 1.82) is 0 Å². The number of carbonyl (C=O) groups excluding carboxylic acids is 3. The highest BCUT2D eigenvalue weighted by atomic mass is 16.6. The van der Waals surface area contributed by atoms with Gasteiger partial charge in [-0.05, 0) is 27.7 Å². The molecule has 0 aliphatic carbocycles. The maximum absolute atomic E-state index is 12.3. The zero-order valence-electron chi connectivity index (χ0n) is 13.2. The molecule has 1 amide bonds. The first kappa shape index (κ1) is 17.7. The average molecular weight is 307 g/mol. The van der Waals surface area contributed by atoms with Gasteiger partial charge in [0.25, 0.3) is 0 Å². The molecular weight excluding hydrogens is 286 g/mol. The summed E-state index contributed by atoms with van der Waals surface area (Å²) in [6.45, 7) is 6.65. The van der Waals surface area contributed by atoms with Gasteiger partial charge in [0.1, 0.15) is 11.6 Å². The molecule has 1 aromatic rings.